The van der Waals surface area contributed by atoms with Gasteiger partial charge in [-0.3, -0.25) is 0 Å². The zero-order valence-electron chi connectivity index (χ0n) is 12.0. The van der Waals surface area contributed by atoms with Crippen molar-refractivity contribution in [3.05, 3.63) is 53.7 Å². The zero-order valence-corrected chi connectivity index (χ0v) is 12.7. The lowest BCUT2D eigenvalue weighted by atomic mass is 10.2. The first-order valence-corrected chi connectivity index (χ1v) is 6.84. The van der Waals surface area contributed by atoms with Crippen molar-refractivity contribution in [2.24, 2.45) is 0 Å². The van der Waals surface area contributed by atoms with Crippen LogP contribution in [0.25, 0.3) is 0 Å². The normalized spacial score (nSPS) is 9.91. The highest BCUT2D eigenvalue weighted by Crippen LogP contribution is 2.26. The average Bonchev–Trinajstić information content (AvgIpc) is 2.54. The summed E-state index contributed by atoms with van der Waals surface area (Å²) in [5.41, 5.74) is 0.903. The number of nitrogens with zero attached hydrogens (tertiary/aromatic N) is 2. The fourth-order valence-corrected chi connectivity index (χ4v) is 1.85. The second kappa shape index (κ2) is 7.42. The largest absolute Gasteiger partial charge is 0.465 e. The van der Waals surface area contributed by atoms with Crippen molar-refractivity contribution in [3.63, 3.8) is 0 Å². The molecule has 0 fully saturated rings. The molecule has 1 heterocycles. The summed E-state index contributed by atoms with van der Waals surface area (Å²) in [4.78, 5) is 20.0. The van der Waals surface area contributed by atoms with Gasteiger partial charge in [-0.25, -0.2) is 9.78 Å². The van der Waals surface area contributed by atoms with Crippen LogP contribution in [0.5, 0.6) is 0 Å². The van der Waals surface area contributed by atoms with E-state index in [1.54, 1.807) is 36.5 Å². The highest BCUT2D eigenvalue weighted by atomic mass is 35.5. The van der Waals surface area contributed by atoms with Crippen LogP contribution in [0.15, 0.2) is 43.1 Å². The van der Waals surface area contributed by atoms with Crippen LogP contribution in [-0.2, 0) is 4.74 Å². The van der Waals surface area contributed by atoms with Crippen molar-refractivity contribution >= 4 is 35.0 Å². The Morgan fingerprint density at radius 1 is 1.45 bits per heavy atom. The number of rotatable bonds is 6. The first-order chi connectivity index (χ1) is 10.6. The second-order valence-corrected chi connectivity index (χ2v) is 4.65. The molecule has 0 aliphatic heterocycles. The van der Waals surface area contributed by atoms with Crippen molar-refractivity contribution in [3.8, 4) is 0 Å². The van der Waals surface area contributed by atoms with Crippen LogP contribution in [-0.4, -0.2) is 29.6 Å². The van der Waals surface area contributed by atoms with Crippen LogP contribution >= 0.6 is 11.6 Å². The molecule has 0 radical (unpaired) electrons. The lowest BCUT2D eigenvalue weighted by molar-refractivity contribution is 0.0601. The summed E-state index contributed by atoms with van der Waals surface area (Å²) in [6.45, 7) is 4.22. The summed E-state index contributed by atoms with van der Waals surface area (Å²) in [6, 6.07) is 6.51. The molecule has 0 saturated heterocycles. The molecule has 1 aromatic carbocycles. The Labute approximate surface area is 133 Å². The fourth-order valence-electron chi connectivity index (χ4n) is 1.68. The van der Waals surface area contributed by atoms with Crippen LogP contribution in [0.2, 0.25) is 5.02 Å². The van der Waals surface area contributed by atoms with Crippen molar-refractivity contribution in [1.82, 2.24) is 9.97 Å². The van der Waals surface area contributed by atoms with E-state index in [9.17, 15) is 4.79 Å². The number of methoxy groups -OCH3 is 1. The molecule has 22 heavy (non-hydrogen) atoms. The van der Waals surface area contributed by atoms with Gasteiger partial charge in [-0.1, -0.05) is 17.7 Å². The summed E-state index contributed by atoms with van der Waals surface area (Å²) in [7, 11) is 1.32. The SMILES string of the molecule is C=CCNc1ccnc(Nc2cc(C(=O)OC)ccc2Cl)n1. The van der Waals surface area contributed by atoms with E-state index in [4.69, 9.17) is 11.6 Å². The van der Waals surface area contributed by atoms with Gasteiger partial charge < -0.3 is 15.4 Å². The molecule has 114 valence electrons. The van der Waals surface area contributed by atoms with E-state index in [2.05, 4.69) is 31.9 Å². The Bertz CT molecular complexity index is 691. The van der Waals surface area contributed by atoms with Crippen molar-refractivity contribution in [1.29, 1.82) is 0 Å². The lowest BCUT2D eigenvalue weighted by Gasteiger charge is -2.10. The Balaban J connectivity index is 2.22. The molecule has 0 aliphatic rings. The molecule has 6 nitrogen and oxygen atoms in total. The molecule has 0 aliphatic carbocycles. The maximum absolute atomic E-state index is 11.6. The van der Waals surface area contributed by atoms with Gasteiger partial charge in [-0.2, -0.15) is 4.98 Å². The van der Waals surface area contributed by atoms with Crippen molar-refractivity contribution in [2.75, 3.05) is 24.3 Å². The first kappa shape index (κ1) is 15.8. The minimum absolute atomic E-state index is 0.359. The molecule has 0 atom stereocenters. The number of halogens is 1. The zero-order chi connectivity index (χ0) is 15.9. The summed E-state index contributed by atoms with van der Waals surface area (Å²) in [5, 5.41) is 6.48. The minimum Gasteiger partial charge on any atom is -0.465 e. The number of nitrogens with one attached hydrogen (secondary N) is 2. The van der Waals surface area contributed by atoms with Crippen LogP contribution in [0.3, 0.4) is 0 Å². The third-order valence-corrected chi connectivity index (χ3v) is 3.05. The predicted molar refractivity (Wildman–Crippen MR) is 86.8 cm³/mol. The van der Waals surface area contributed by atoms with Gasteiger partial charge in [0, 0.05) is 12.7 Å². The molecule has 0 bridgehead atoms. The number of ether oxygens (including phenoxy) is 1. The minimum atomic E-state index is -0.443. The van der Waals surface area contributed by atoms with Crippen LogP contribution in [0, 0.1) is 0 Å². The summed E-state index contributed by atoms with van der Waals surface area (Å²) in [6.07, 6.45) is 3.34. The molecule has 1 aromatic heterocycles. The van der Waals surface area contributed by atoms with E-state index in [0.717, 1.165) is 0 Å². The topological polar surface area (TPSA) is 76.1 Å². The smallest absolute Gasteiger partial charge is 0.337 e. The molecular weight excluding hydrogens is 304 g/mol. The predicted octanol–water partition coefficient (Wildman–Crippen LogP) is 3.26. The number of aromatic nitrogens is 2. The van der Waals surface area contributed by atoms with E-state index in [-0.39, 0.29) is 0 Å². The number of anilines is 3. The molecular formula is C15H15ClN4O2. The number of hydrogen-bond acceptors (Lipinski definition) is 6. The van der Waals surface area contributed by atoms with E-state index in [1.807, 2.05) is 0 Å². The molecule has 2 aromatic rings. The number of esters is 1. The number of carbonyl (C=O) groups excluding carboxylic acids is 1. The van der Waals surface area contributed by atoms with Crippen LogP contribution < -0.4 is 10.6 Å². The lowest BCUT2D eigenvalue weighted by Crippen LogP contribution is -2.05. The second-order valence-electron chi connectivity index (χ2n) is 4.25. The number of benzene rings is 1. The summed E-state index contributed by atoms with van der Waals surface area (Å²) in [5.74, 6) is 0.567. The van der Waals surface area contributed by atoms with E-state index in [0.29, 0.717) is 34.6 Å². The Hall–Kier alpha value is -2.60. The molecule has 0 saturated carbocycles. The Morgan fingerprint density at radius 3 is 3.00 bits per heavy atom. The Morgan fingerprint density at radius 2 is 2.27 bits per heavy atom. The third kappa shape index (κ3) is 3.95. The average molecular weight is 319 g/mol. The molecule has 0 unspecified atom stereocenters. The standard InChI is InChI=1S/C15H15ClN4O2/c1-3-7-17-13-6-8-18-15(20-13)19-12-9-10(14(21)22-2)4-5-11(12)16/h3-6,8-9H,1,7H2,2H3,(H2,17,18,19,20). The maximum atomic E-state index is 11.6. The van der Waals surface area contributed by atoms with Gasteiger partial charge in [0.2, 0.25) is 5.95 Å². The quantitative estimate of drug-likeness (QED) is 0.629. The fraction of sp³-hybridized carbons (Fsp3) is 0.133. The molecule has 7 heteroatoms. The van der Waals surface area contributed by atoms with Gasteiger partial charge in [0.1, 0.15) is 5.82 Å². The van der Waals surface area contributed by atoms with Crippen LogP contribution in [0.1, 0.15) is 10.4 Å². The van der Waals surface area contributed by atoms with Crippen molar-refractivity contribution < 1.29 is 9.53 Å². The van der Waals surface area contributed by atoms with Gasteiger partial charge in [0.15, 0.2) is 0 Å². The Kier molecular flexibility index (Phi) is 5.32. The first-order valence-electron chi connectivity index (χ1n) is 6.46. The molecule has 0 amide bonds. The third-order valence-electron chi connectivity index (χ3n) is 2.72. The van der Waals surface area contributed by atoms with Gasteiger partial charge in [-0.05, 0) is 24.3 Å². The number of carbonyl (C=O) groups is 1. The highest BCUT2D eigenvalue weighted by molar-refractivity contribution is 6.33. The number of hydrogen-bond donors (Lipinski definition) is 2. The molecule has 2 rings (SSSR count). The van der Waals surface area contributed by atoms with Gasteiger partial charge in [-0.15, -0.1) is 6.58 Å². The van der Waals surface area contributed by atoms with E-state index >= 15 is 0 Å². The summed E-state index contributed by atoms with van der Waals surface area (Å²) < 4.78 is 4.68. The van der Waals surface area contributed by atoms with Gasteiger partial charge in [0.05, 0.1) is 23.4 Å². The van der Waals surface area contributed by atoms with E-state index in [1.165, 1.54) is 7.11 Å². The highest BCUT2D eigenvalue weighted by Gasteiger charge is 2.10. The maximum Gasteiger partial charge on any atom is 0.337 e. The molecule has 0 spiro atoms. The van der Waals surface area contributed by atoms with Gasteiger partial charge in [0.25, 0.3) is 0 Å². The van der Waals surface area contributed by atoms with Gasteiger partial charge >= 0.3 is 5.97 Å². The van der Waals surface area contributed by atoms with Crippen LogP contribution in [0.4, 0.5) is 17.5 Å². The molecule has 2 N–H and O–H groups in total. The van der Waals surface area contributed by atoms with E-state index < -0.39 is 5.97 Å². The monoisotopic (exact) mass is 318 g/mol. The van der Waals surface area contributed by atoms with Crippen molar-refractivity contribution in [2.45, 2.75) is 0 Å². The summed E-state index contributed by atoms with van der Waals surface area (Å²) >= 11 is 6.12.